The van der Waals surface area contributed by atoms with Crippen molar-refractivity contribution in [3.8, 4) is 0 Å². The second-order valence-corrected chi connectivity index (χ2v) is 9.27. The third kappa shape index (κ3) is 6.59. The molecule has 1 saturated carbocycles. The molecule has 8 heteroatoms. The number of hydrogen-bond donors (Lipinski definition) is 2. The van der Waals surface area contributed by atoms with Gasteiger partial charge in [-0.1, -0.05) is 19.3 Å². The van der Waals surface area contributed by atoms with Crippen molar-refractivity contribution in [1.29, 1.82) is 0 Å². The van der Waals surface area contributed by atoms with E-state index >= 15 is 0 Å². The molecule has 3 rings (SSSR count). The summed E-state index contributed by atoms with van der Waals surface area (Å²) in [6.07, 6.45) is 7.60. The standard InChI is InChI=1S/C22H38N4O4/c1-17(27)25-13-11-24(12-14-25)9-7-19-16-26(10-8-18(19)15-21(28)29)22(30)23-20-5-3-2-4-6-20/h18-20H,2-16H2,1H3,(H,23,30)(H,28,29). The number of carbonyl (C=O) groups excluding carboxylic acids is 2. The van der Waals surface area contributed by atoms with E-state index in [2.05, 4.69) is 10.2 Å². The summed E-state index contributed by atoms with van der Waals surface area (Å²) in [7, 11) is 0. The molecular formula is C22H38N4O4. The molecule has 0 aromatic rings. The molecule has 3 fully saturated rings. The maximum Gasteiger partial charge on any atom is 0.317 e. The molecule has 0 aromatic carbocycles. The third-order valence-corrected chi connectivity index (χ3v) is 7.18. The van der Waals surface area contributed by atoms with Gasteiger partial charge in [-0.05, 0) is 44.1 Å². The van der Waals surface area contributed by atoms with Crippen molar-refractivity contribution in [2.75, 3.05) is 45.8 Å². The lowest BCUT2D eigenvalue weighted by molar-refractivity contribution is -0.139. The lowest BCUT2D eigenvalue weighted by Crippen LogP contribution is -2.52. The molecule has 3 aliphatic rings. The molecule has 0 radical (unpaired) electrons. The fraction of sp³-hybridized carbons (Fsp3) is 0.864. The summed E-state index contributed by atoms with van der Waals surface area (Å²) < 4.78 is 0. The number of urea groups is 1. The van der Waals surface area contributed by atoms with Crippen LogP contribution in [0.15, 0.2) is 0 Å². The molecule has 2 heterocycles. The topological polar surface area (TPSA) is 93.2 Å². The van der Waals surface area contributed by atoms with E-state index in [1.54, 1.807) is 6.92 Å². The number of hydrogen-bond acceptors (Lipinski definition) is 4. The first-order valence-corrected chi connectivity index (χ1v) is 11.7. The Morgan fingerprint density at radius 3 is 2.23 bits per heavy atom. The van der Waals surface area contributed by atoms with Gasteiger partial charge in [-0.3, -0.25) is 14.5 Å². The molecule has 30 heavy (non-hydrogen) atoms. The van der Waals surface area contributed by atoms with Crippen molar-refractivity contribution >= 4 is 17.9 Å². The Kier molecular flexibility index (Phi) is 8.36. The Labute approximate surface area is 179 Å². The number of carbonyl (C=O) groups is 3. The SMILES string of the molecule is CC(=O)N1CCN(CCC2CN(C(=O)NC3CCCCC3)CCC2CC(=O)O)CC1. The van der Waals surface area contributed by atoms with Crippen molar-refractivity contribution in [3.63, 3.8) is 0 Å². The van der Waals surface area contributed by atoms with Crippen LogP contribution in [0.3, 0.4) is 0 Å². The van der Waals surface area contributed by atoms with Crippen LogP contribution in [0.25, 0.3) is 0 Å². The second-order valence-electron chi connectivity index (χ2n) is 9.27. The summed E-state index contributed by atoms with van der Waals surface area (Å²) in [6.45, 7) is 7.03. The summed E-state index contributed by atoms with van der Waals surface area (Å²) >= 11 is 0. The number of piperidine rings is 1. The third-order valence-electron chi connectivity index (χ3n) is 7.18. The van der Waals surface area contributed by atoms with Crippen molar-refractivity contribution in [3.05, 3.63) is 0 Å². The summed E-state index contributed by atoms with van der Waals surface area (Å²) in [5, 5.41) is 12.5. The Morgan fingerprint density at radius 1 is 0.900 bits per heavy atom. The Bertz CT molecular complexity index is 600. The van der Waals surface area contributed by atoms with Gasteiger partial charge in [0.05, 0.1) is 0 Å². The van der Waals surface area contributed by atoms with E-state index in [1.807, 2.05) is 9.80 Å². The average molecular weight is 423 g/mol. The molecule has 170 valence electrons. The van der Waals surface area contributed by atoms with Crippen LogP contribution in [0, 0.1) is 11.8 Å². The first kappa shape index (κ1) is 22.8. The van der Waals surface area contributed by atoms with Gasteiger partial charge in [0.2, 0.25) is 5.91 Å². The fourth-order valence-electron chi connectivity index (χ4n) is 5.23. The zero-order valence-electron chi connectivity index (χ0n) is 18.4. The average Bonchev–Trinajstić information content (AvgIpc) is 2.73. The van der Waals surface area contributed by atoms with E-state index in [9.17, 15) is 19.5 Å². The van der Waals surface area contributed by atoms with Crippen molar-refractivity contribution in [2.24, 2.45) is 11.8 Å². The molecular weight excluding hydrogens is 384 g/mol. The highest BCUT2D eigenvalue weighted by molar-refractivity contribution is 5.75. The Hall–Kier alpha value is -1.83. The number of piperazine rings is 1. The van der Waals surface area contributed by atoms with Crippen LogP contribution in [0.5, 0.6) is 0 Å². The normalized spacial score (nSPS) is 26.4. The van der Waals surface area contributed by atoms with Crippen LogP contribution in [0.4, 0.5) is 4.79 Å². The minimum Gasteiger partial charge on any atom is -0.481 e. The molecule has 3 amide bonds. The highest BCUT2D eigenvalue weighted by atomic mass is 16.4. The highest BCUT2D eigenvalue weighted by Crippen LogP contribution is 2.30. The van der Waals surface area contributed by atoms with Gasteiger partial charge in [-0.2, -0.15) is 0 Å². The zero-order chi connectivity index (χ0) is 21.5. The van der Waals surface area contributed by atoms with Crippen molar-refractivity contribution in [1.82, 2.24) is 20.0 Å². The van der Waals surface area contributed by atoms with E-state index in [4.69, 9.17) is 0 Å². The number of likely N-dealkylation sites (tertiary alicyclic amines) is 1. The molecule has 0 spiro atoms. The van der Waals surface area contributed by atoms with Crippen LogP contribution in [-0.2, 0) is 9.59 Å². The monoisotopic (exact) mass is 422 g/mol. The van der Waals surface area contributed by atoms with Gasteiger partial charge in [0.1, 0.15) is 0 Å². The molecule has 2 unspecified atom stereocenters. The minimum atomic E-state index is -0.750. The van der Waals surface area contributed by atoms with Crippen LogP contribution in [0.2, 0.25) is 0 Å². The highest BCUT2D eigenvalue weighted by Gasteiger charge is 2.33. The Balaban J connectivity index is 1.51. The van der Waals surface area contributed by atoms with Crippen LogP contribution >= 0.6 is 0 Å². The molecule has 2 N–H and O–H groups in total. The lowest BCUT2D eigenvalue weighted by atomic mass is 9.81. The van der Waals surface area contributed by atoms with Gasteiger partial charge >= 0.3 is 12.0 Å². The number of carboxylic acid groups (broad SMARTS) is 1. The predicted octanol–water partition coefficient (Wildman–Crippen LogP) is 2.00. The molecule has 2 aliphatic heterocycles. The maximum absolute atomic E-state index is 12.8. The van der Waals surface area contributed by atoms with Crippen molar-refractivity contribution < 1.29 is 19.5 Å². The van der Waals surface area contributed by atoms with Gasteiger partial charge in [-0.15, -0.1) is 0 Å². The minimum absolute atomic E-state index is 0.0238. The number of aliphatic carboxylic acids is 1. The van der Waals surface area contributed by atoms with Crippen LogP contribution in [-0.4, -0.2) is 89.6 Å². The summed E-state index contributed by atoms with van der Waals surface area (Å²) in [4.78, 5) is 41.8. The molecule has 0 aromatic heterocycles. The van der Waals surface area contributed by atoms with E-state index in [-0.39, 0.29) is 30.2 Å². The zero-order valence-corrected chi connectivity index (χ0v) is 18.4. The van der Waals surface area contributed by atoms with E-state index in [0.29, 0.717) is 19.1 Å². The number of rotatable bonds is 6. The number of carboxylic acids is 1. The van der Waals surface area contributed by atoms with E-state index in [1.165, 1.54) is 19.3 Å². The Morgan fingerprint density at radius 2 is 1.60 bits per heavy atom. The van der Waals surface area contributed by atoms with Gasteiger partial charge in [0.25, 0.3) is 0 Å². The van der Waals surface area contributed by atoms with Gasteiger partial charge in [-0.25, -0.2) is 4.79 Å². The number of amides is 3. The number of nitrogens with one attached hydrogen (secondary N) is 1. The summed E-state index contributed by atoms with van der Waals surface area (Å²) in [5.41, 5.74) is 0. The lowest BCUT2D eigenvalue weighted by Gasteiger charge is -2.40. The second kappa shape index (κ2) is 11.0. The van der Waals surface area contributed by atoms with Crippen LogP contribution < -0.4 is 5.32 Å². The maximum atomic E-state index is 12.8. The quantitative estimate of drug-likeness (QED) is 0.683. The summed E-state index contributed by atoms with van der Waals surface area (Å²) in [5.74, 6) is -0.291. The van der Waals surface area contributed by atoms with E-state index in [0.717, 1.165) is 58.4 Å². The van der Waals surface area contributed by atoms with Gasteiger partial charge < -0.3 is 20.2 Å². The van der Waals surface area contributed by atoms with Gasteiger partial charge in [0, 0.05) is 58.7 Å². The van der Waals surface area contributed by atoms with E-state index < -0.39 is 5.97 Å². The smallest absolute Gasteiger partial charge is 0.317 e. The molecule has 0 bridgehead atoms. The molecule has 2 saturated heterocycles. The molecule has 1 aliphatic carbocycles. The van der Waals surface area contributed by atoms with Crippen molar-refractivity contribution in [2.45, 2.75) is 64.3 Å². The summed E-state index contributed by atoms with van der Waals surface area (Å²) in [6, 6.07) is 0.315. The van der Waals surface area contributed by atoms with Gasteiger partial charge in [0.15, 0.2) is 0 Å². The molecule has 2 atom stereocenters. The number of nitrogens with zero attached hydrogens (tertiary/aromatic N) is 3. The molecule has 8 nitrogen and oxygen atoms in total. The predicted molar refractivity (Wildman–Crippen MR) is 114 cm³/mol. The largest absolute Gasteiger partial charge is 0.481 e. The first-order valence-electron chi connectivity index (χ1n) is 11.7. The van der Waals surface area contributed by atoms with Crippen LogP contribution in [0.1, 0.15) is 58.3 Å². The first-order chi connectivity index (χ1) is 14.4. The fourth-order valence-corrected chi connectivity index (χ4v) is 5.23.